The average molecular weight is 248 g/mol. The molecule has 0 heterocycles. The Hall–Kier alpha value is -1.71. The van der Waals surface area contributed by atoms with Crippen LogP contribution in [0.25, 0.3) is 0 Å². The Morgan fingerprint density at radius 1 is 1.39 bits per heavy atom. The Labute approximate surface area is 108 Å². The van der Waals surface area contributed by atoms with Crippen molar-refractivity contribution < 1.29 is 9.53 Å². The first kappa shape index (κ1) is 12.7. The van der Waals surface area contributed by atoms with Gasteiger partial charge in [-0.25, -0.2) is 0 Å². The largest absolute Gasteiger partial charge is 0.484 e. The SMILES string of the molecule is CCC1(NC(=O)COc2ccc(N)cc2)CCC1. The zero-order valence-corrected chi connectivity index (χ0v) is 10.7. The fraction of sp³-hybridized carbons (Fsp3) is 0.500. The molecule has 0 aliphatic heterocycles. The molecule has 0 saturated heterocycles. The molecule has 1 aromatic carbocycles. The van der Waals surface area contributed by atoms with E-state index in [0.29, 0.717) is 11.4 Å². The highest BCUT2D eigenvalue weighted by atomic mass is 16.5. The molecule has 0 aromatic heterocycles. The summed E-state index contributed by atoms with van der Waals surface area (Å²) in [5.41, 5.74) is 6.29. The van der Waals surface area contributed by atoms with Gasteiger partial charge in [-0.2, -0.15) is 0 Å². The molecule has 0 spiro atoms. The molecule has 2 rings (SSSR count). The number of benzene rings is 1. The lowest BCUT2D eigenvalue weighted by atomic mass is 9.75. The molecule has 0 bridgehead atoms. The van der Waals surface area contributed by atoms with Crippen LogP contribution in [0.5, 0.6) is 5.75 Å². The third-order valence-corrected chi connectivity index (χ3v) is 3.64. The highest BCUT2D eigenvalue weighted by Crippen LogP contribution is 2.34. The van der Waals surface area contributed by atoms with E-state index in [9.17, 15) is 4.79 Å². The number of rotatable bonds is 5. The van der Waals surface area contributed by atoms with Gasteiger partial charge in [0, 0.05) is 11.2 Å². The van der Waals surface area contributed by atoms with Gasteiger partial charge >= 0.3 is 0 Å². The van der Waals surface area contributed by atoms with Crippen LogP contribution in [0.15, 0.2) is 24.3 Å². The molecule has 3 N–H and O–H groups in total. The summed E-state index contributed by atoms with van der Waals surface area (Å²) < 4.78 is 5.41. The molecule has 0 atom stereocenters. The molecule has 98 valence electrons. The lowest BCUT2D eigenvalue weighted by Gasteiger charge is -2.41. The van der Waals surface area contributed by atoms with Crippen LogP contribution < -0.4 is 15.8 Å². The normalized spacial score (nSPS) is 16.7. The second kappa shape index (κ2) is 5.29. The molecule has 18 heavy (non-hydrogen) atoms. The van der Waals surface area contributed by atoms with Gasteiger partial charge in [-0.1, -0.05) is 6.92 Å². The van der Waals surface area contributed by atoms with E-state index in [2.05, 4.69) is 12.2 Å². The van der Waals surface area contributed by atoms with Crippen LogP contribution in [0.3, 0.4) is 0 Å². The lowest BCUT2D eigenvalue weighted by molar-refractivity contribution is -0.126. The van der Waals surface area contributed by atoms with Gasteiger partial charge in [0.1, 0.15) is 5.75 Å². The van der Waals surface area contributed by atoms with Crippen molar-refractivity contribution in [1.29, 1.82) is 0 Å². The van der Waals surface area contributed by atoms with Gasteiger partial charge in [0.25, 0.3) is 5.91 Å². The van der Waals surface area contributed by atoms with E-state index in [1.54, 1.807) is 24.3 Å². The first-order valence-corrected chi connectivity index (χ1v) is 6.43. The fourth-order valence-corrected chi connectivity index (χ4v) is 2.22. The topological polar surface area (TPSA) is 64.3 Å². The highest BCUT2D eigenvalue weighted by molar-refractivity contribution is 5.78. The summed E-state index contributed by atoms with van der Waals surface area (Å²) in [7, 11) is 0. The Kier molecular flexibility index (Phi) is 3.75. The zero-order valence-electron chi connectivity index (χ0n) is 10.7. The van der Waals surface area contributed by atoms with Crippen molar-refractivity contribution in [2.24, 2.45) is 0 Å². The number of nitrogen functional groups attached to an aromatic ring is 1. The van der Waals surface area contributed by atoms with Crippen molar-refractivity contribution in [2.45, 2.75) is 38.1 Å². The monoisotopic (exact) mass is 248 g/mol. The highest BCUT2D eigenvalue weighted by Gasteiger charge is 2.36. The third-order valence-electron chi connectivity index (χ3n) is 3.64. The number of carbonyl (C=O) groups excluding carboxylic acids is 1. The number of hydrogen-bond acceptors (Lipinski definition) is 3. The number of amides is 1. The van der Waals surface area contributed by atoms with Crippen molar-refractivity contribution in [3.8, 4) is 5.75 Å². The van der Waals surface area contributed by atoms with Crippen molar-refractivity contribution in [3.05, 3.63) is 24.3 Å². The van der Waals surface area contributed by atoms with Gasteiger partial charge in [-0.05, 0) is 49.9 Å². The van der Waals surface area contributed by atoms with Gasteiger partial charge in [0.05, 0.1) is 0 Å². The Morgan fingerprint density at radius 3 is 2.56 bits per heavy atom. The number of nitrogens with two attached hydrogens (primary N) is 1. The molecule has 1 saturated carbocycles. The minimum absolute atomic E-state index is 0.0293. The van der Waals surface area contributed by atoms with Gasteiger partial charge in [-0.3, -0.25) is 4.79 Å². The number of carbonyl (C=O) groups is 1. The predicted octanol–water partition coefficient (Wildman–Crippen LogP) is 2.10. The summed E-state index contributed by atoms with van der Waals surface area (Å²) in [5, 5.41) is 3.07. The summed E-state index contributed by atoms with van der Waals surface area (Å²) in [6.45, 7) is 2.17. The molecule has 1 fully saturated rings. The number of nitrogens with one attached hydrogen (secondary N) is 1. The van der Waals surface area contributed by atoms with Crippen LogP contribution in [0.1, 0.15) is 32.6 Å². The van der Waals surface area contributed by atoms with Gasteiger partial charge < -0.3 is 15.8 Å². The standard InChI is InChI=1S/C14H20N2O2/c1-2-14(8-3-9-14)16-13(17)10-18-12-6-4-11(15)5-7-12/h4-7H,2-3,8-10,15H2,1H3,(H,16,17). The molecule has 1 aliphatic rings. The Balaban J connectivity index is 1.79. The molecular formula is C14H20N2O2. The van der Waals surface area contributed by atoms with E-state index in [4.69, 9.17) is 10.5 Å². The molecule has 4 heteroatoms. The average Bonchev–Trinajstić information content (AvgIpc) is 2.33. The second-order valence-corrected chi connectivity index (χ2v) is 4.89. The molecule has 1 aliphatic carbocycles. The van der Waals surface area contributed by atoms with Crippen LogP contribution in [0, 0.1) is 0 Å². The summed E-state index contributed by atoms with van der Waals surface area (Å²) in [5.74, 6) is 0.617. The molecule has 0 unspecified atom stereocenters. The maximum absolute atomic E-state index is 11.8. The predicted molar refractivity (Wildman–Crippen MR) is 71.4 cm³/mol. The zero-order chi connectivity index (χ0) is 13.0. The third kappa shape index (κ3) is 2.94. The summed E-state index contributed by atoms with van der Waals surface area (Å²) in [6, 6.07) is 7.04. The first-order valence-electron chi connectivity index (χ1n) is 6.43. The maximum atomic E-state index is 11.8. The van der Waals surface area contributed by atoms with Crippen LogP contribution >= 0.6 is 0 Å². The van der Waals surface area contributed by atoms with E-state index in [1.807, 2.05) is 0 Å². The van der Waals surface area contributed by atoms with E-state index in [-0.39, 0.29) is 18.1 Å². The van der Waals surface area contributed by atoms with Gasteiger partial charge in [-0.15, -0.1) is 0 Å². The molecular weight excluding hydrogens is 228 g/mol. The number of anilines is 1. The summed E-state index contributed by atoms with van der Waals surface area (Å²) in [6.07, 6.45) is 4.35. The van der Waals surface area contributed by atoms with Crippen LogP contribution in [-0.2, 0) is 4.79 Å². The minimum Gasteiger partial charge on any atom is -0.484 e. The number of ether oxygens (including phenoxy) is 1. The second-order valence-electron chi connectivity index (χ2n) is 4.89. The van der Waals surface area contributed by atoms with Crippen molar-refractivity contribution >= 4 is 11.6 Å². The van der Waals surface area contributed by atoms with Gasteiger partial charge in [0.15, 0.2) is 6.61 Å². The molecule has 4 nitrogen and oxygen atoms in total. The first-order chi connectivity index (χ1) is 8.63. The van der Waals surface area contributed by atoms with E-state index >= 15 is 0 Å². The van der Waals surface area contributed by atoms with Crippen LogP contribution in [0.4, 0.5) is 5.69 Å². The maximum Gasteiger partial charge on any atom is 0.258 e. The Morgan fingerprint density at radius 2 is 2.06 bits per heavy atom. The minimum atomic E-state index is -0.0478. The molecule has 0 radical (unpaired) electrons. The Bertz CT molecular complexity index is 405. The van der Waals surface area contributed by atoms with E-state index in [1.165, 1.54) is 6.42 Å². The quantitative estimate of drug-likeness (QED) is 0.784. The summed E-state index contributed by atoms with van der Waals surface area (Å²) in [4.78, 5) is 11.8. The van der Waals surface area contributed by atoms with Gasteiger partial charge in [0.2, 0.25) is 0 Å². The van der Waals surface area contributed by atoms with Crippen molar-refractivity contribution in [3.63, 3.8) is 0 Å². The van der Waals surface area contributed by atoms with Crippen LogP contribution in [-0.4, -0.2) is 18.1 Å². The smallest absolute Gasteiger partial charge is 0.258 e. The number of hydrogen-bond donors (Lipinski definition) is 2. The van der Waals surface area contributed by atoms with Crippen LogP contribution in [0.2, 0.25) is 0 Å². The van der Waals surface area contributed by atoms with Crippen molar-refractivity contribution in [1.82, 2.24) is 5.32 Å². The molecule has 1 aromatic rings. The summed E-state index contributed by atoms with van der Waals surface area (Å²) >= 11 is 0. The lowest BCUT2D eigenvalue weighted by Crippen LogP contribution is -2.54. The fourth-order valence-electron chi connectivity index (χ4n) is 2.22. The van der Waals surface area contributed by atoms with E-state index in [0.717, 1.165) is 19.3 Å². The van der Waals surface area contributed by atoms with E-state index < -0.39 is 0 Å². The van der Waals surface area contributed by atoms with Crippen molar-refractivity contribution in [2.75, 3.05) is 12.3 Å². The molecule has 1 amide bonds.